The molecule has 0 aliphatic carbocycles. The Kier molecular flexibility index (Phi) is 8.11. The first kappa shape index (κ1) is 24.9. The molecule has 0 spiro atoms. The largest absolute Gasteiger partial charge is 0.489 e. The Balaban J connectivity index is 1.64. The van der Waals surface area contributed by atoms with E-state index in [0.29, 0.717) is 23.9 Å². The molecule has 0 amide bonds. The Morgan fingerprint density at radius 3 is 2.72 bits per heavy atom. The summed E-state index contributed by atoms with van der Waals surface area (Å²) in [6.45, 7) is 10.9. The predicted molar refractivity (Wildman–Crippen MR) is 128 cm³/mol. The molecular formula is C22H33ClN5O3S+. The highest BCUT2D eigenvalue weighted by atomic mass is 35.5. The second kappa shape index (κ2) is 10.4. The van der Waals surface area contributed by atoms with Crippen LogP contribution in [-0.2, 0) is 4.74 Å². The van der Waals surface area contributed by atoms with Crippen LogP contribution in [-0.4, -0.2) is 63.7 Å². The van der Waals surface area contributed by atoms with Gasteiger partial charge in [-0.15, -0.1) is 10.2 Å². The Bertz CT molecular complexity index is 917. The zero-order valence-corrected chi connectivity index (χ0v) is 20.8. The molecule has 1 saturated heterocycles. The minimum Gasteiger partial charge on any atom is -0.489 e. The maximum atomic E-state index is 10.4. The molecule has 32 heavy (non-hydrogen) atoms. The lowest BCUT2D eigenvalue weighted by molar-refractivity contribution is -0.244. The average molecular weight is 483 g/mol. The van der Waals surface area contributed by atoms with Gasteiger partial charge in [0.05, 0.1) is 22.6 Å². The van der Waals surface area contributed by atoms with Gasteiger partial charge in [0.25, 0.3) is 0 Å². The van der Waals surface area contributed by atoms with Crippen molar-refractivity contribution in [2.45, 2.75) is 65.2 Å². The number of ether oxygens (including phenoxy) is 2. The molecular weight excluding hydrogens is 450 g/mol. The maximum Gasteiger partial charge on any atom is 0.216 e. The Hall–Kier alpha value is -1.78. The molecule has 3 rings (SSSR count). The molecule has 4 N–H and O–H groups in total. The molecule has 1 aromatic heterocycles. The molecule has 176 valence electrons. The highest BCUT2D eigenvalue weighted by Crippen LogP contribution is 2.34. The fraction of sp³-hybridized carbons (Fsp3) is 0.591. The van der Waals surface area contributed by atoms with E-state index in [1.807, 2.05) is 57.7 Å². The molecule has 1 aromatic carbocycles. The normalized spacial score (nSPS) is 20.9. The smallest absolute Gasteiger partial charge is 0.216 e. The molecule has 2 aromatic rings. The molecule has 1 fully saturated rings. The Morgan fingerprint density at radius 2 is 2.09 bits per heavy atom. The number of halogens is 1. The number of anilines is 1. The van der Waals surface area contributed by atoms with Crippen molar-refractivity contribution in [3.05, 3.63) is 23.2 Å². The van der Waals surface area contributed by atoms with E-state index in [4.69, 9.17) is 26.5 Å². The van der Waals surface area contributed by atoms with Gasteiger partial charge < -0.3 is 19.9 Å². The molecule has 1 aliphatic heterocycles. The van der Waals surface area contributed by atoms with Crippen molar-refractivity contribution in [1.29, 1.82) is 0 Å². The molecule has 0 saturated carbocycles. The van der Waals surface area contributed by atoms with Crippen molar-refractivity contribution in [3.63, 3.8) is 0 Å². The molecule has 3 unspecified atom stereocenters. The van der Waals surface area contributed by atoms with Crippen molar-refractivity contribution < 1.29 is 20.0 Å². The van der Waals surface area contributed by atoms with E-state index in [1.165, 1.54) is 11.3 Å². The third kappa shape index (κ3) is 6.62. The van der Waals surface area contributed by atoms with Gasteiger partial charge >= 0.3 is 0 Å². The summed E-state index contributed by atoms with van der Waals surface area (Å²) < 4.78 is 11.4. The zero-order chi connectivity index (χ0) is 23.5. The van der Waals surface area contributed by atoms with Gasteiger partial charge in [-0.3, -0.25) is 10.3 Å². The molecule has 0 radical (unpaired) electrons. The number of piperidine rings is 1. The molecule has 8 nitrogen and oxygen atoms in total. The summed E-state index contributed by atoms with van der Waals surface area (Å²) >= 11 is 7.83. The number of benzene rings is 1. The predicted octanol–water partition coefficient (Wildman–Crippen LogP) is 2.67. The summed E-state index contributed by atoms with van der Waals surface area (Å²) in [6, 6.07) is 5.71. The summed E-state index contributed by atoms with van der Waals surface area (Å²) in [7, 11) is 0. The minimum atomic E-state index is -0.959. The van der Waals surface area contributed by atoms with Crippen LogP contribution in [0.5, 0.6) is 5.75 Å². The number of aliphatic hydroxyl groups excluding tert-OH is 1. The lowest BCUT2D eigenvalue weighted by Crippen LogP contribution is -2.55. The van der Waals surface area contributed by atoms with Crippen LogP contribution in [0.25, 0.3) is 10.6 Å². The molecule has 10 heteroatoms. The summed E-state index contributed by atoms with van der Waals surface area (Å²) in [6.07, 6.45) is 1.54. The van der Waals surface area contributed by atoms with Crippen LogP contribution in [0.4, 0.5) is 5.13 Å². The first-order valence-corrected chi connectivity index (χ1v) is 12.0. The van der Waals surface area contributed by atoms with Gasteiger partial charge in [-0.2, -0.15) is 0 Å². The van der Waals surface area contributed by atoms with E-state index in [-0.39, 0.29) is 18.1 Å². The molecule has 0 bridgehead atoms. The van der Waals surface area contributed by atoms with Crippen LogP contribution in [0.1, 0.15) is 41.0 Å². The number of rotatable bonds is 8. The van der Waals surface area contributed by atoms with E-state index in [1.54, 1.807) is 6.21 Å². The minimum absolute atomic E-state index is 0.0243. The SMILES string of the molecule is CC(C)Oc1ccc(-c2nnc(NC3CCN(C(O)OC(C)(C)C)CC3C=[NH2+])s2)cc1Cl. The van der Waals surface area contributed by atoms with Gasteiger partial charge in [-0.1, -0.05) is 22.9 Å². The van der Waals surface area contributed by atoms with E-state index in [9.17, 15) is 5.11 Å². The van der Waals surface area contributed by atoms with Crippen LogP contribution >= 0.6 is 22.9 Å². The number of likely N-dealkylation sites (tertiary alicyclic amines) is 1. The van der Waals surface area contributed by atoms with Crippen LogP contribution in [0.3, 0.4) is 0 Å². The number of nitrogens with one attached hydrogen (secondary N) is 1. The summed E-state index contributed by atoms with van der Waals surface area (Å²) in [5, 5.41) is 30.4. The molecule has 2 heterocycles. The third-order valence-corrected chi connectivity index (χ3v) is 6.18. The van der Waals surface area contributed by atoms with Crippen LogP contribution in [0.2, 0.25) is 5.02 Å². The van der Waals surface area contributed by atoms with Crippen molar-refractivity contribution in [2.75, 3.05) is 18.4 Å². The summed E-state index contributed by atoms with van der Waals surface area (Å²) in [5.41, 5.74) is 0.456. The first-order chi connectivity index (χ1) is 15.1. The van der Waals surface area contributed by atoms with Crippen LogP contribution < -0.4 is 15.5 Å². The molecule has 1 aliphatic rings. The second-order valence-electron chi connectivity index (χ2n) is 9.17. The lowest BCUT2D eigenvalue weighted by Gasteiger charge is -2.39. The summed E-state index contributed by atoms with van der Waals surface area (Å²) in [4.78, 5) is 1.89. The van der Waals surface area contributed by atoms with Crippen molar-refractivity contribution in [1.82, 2.24) is 15.1 Å². The van der Waals surface area contributed by atoms with Crippen molar-refractivity contribution >= 4 is 34.3 Å². The number of nitrogens with zero attached hydrogens (tertiary/aromatic N) is 3. The third-order valence-electron chi connectivity index (χ3n) is 4.98. The van der Waals surface area contributed by atoms with E-state index >= 15 is 0 Å². The zero-order valence-electron chi connectivity index (χ0n) is 19.2. The maximum absolute atomic E-state index is 10.4. The second-order valence-corrected chi connectivity index (χ2v) is 10.6. The lowest BCUT2D eigenvalue weighted by atomic mass is 9.93. The van der Waals surface area contributed by atoms with Crippen molar-refractivity contribution in [3.8, 4) is 16.3 Å². The average Bonchev–Trinajstić information content (AvgIpc) is 3.16. The van der Waals surface area contributed by atoms with Crippen molar-refractivity contribution in [2.24, 2.45) is 5.92 Å². The van der Waals surface area contributed by atoms with Gasteiger partial charge in [-0.05, 0) is 59.2 Å². The number of hydrogen-bond donors (Lipinski definition) is 3. The van der Waals surface area contributed by atoms with Crippen LogP contribution in [0.15, 0.2) is 18.2 Å². The topological polar surface area (TPSA) is 105 Å². The monoisotopic (exact) mass is 482 g/mol. The van der Waals surface area contributed by atoms with Gasteiger partial charge in [-0.25, -0.2) is 0 Å². The fourth-order valence-electron chi connectivity index (χ4n) is 3.51. The standard InChI is InChI=1S/C22H32ClN5O3S/c1-13(2)30-18-7-6-14(10-16(18)23)19-26-27-20(32-19)25-17-8-9-28(12-15(17)11-24)21(29)31-22(3,4)5/h6-7,10-11,13,15,17,21,24,29H,8-9,12H2,1-5H3,(H,25,27)/p+1. The Labute approximate surface area is 198 Å². The van der Waals surface area contributed by atoms with Gasteiger partial charge in [0, 0.05) is 24.7 Å². The highest BCUT2D eigenvalue weighted by molar-refractivity contribution is 7.18. The first-order valence-electron chi connectivity index (χ1n) is 10.8. The number of aromatic nitrogens is 2. The van der Waals surface area contributed by atoms with E-state index in [0.717, 1.165) is 22.1 Å². The molecule has 3 atom stereocenters. The number of hydrogen-bond acceptors (Lipinski definition) is 8. The highest BCUT2D eigenvalue weighted by Gasteiger charge is 2.34. The fourth-order valence-corrected chi connectivity index (χ4v) is 4.54. The summed E-state index contributed by atoms with van der Waals surface area (Å²) in [5.74, 6) is 0.676. The van der Waals surface area contributed by atoms with Gasteiger partial charge in [0.1, 0.15) is 17.0 Å². The van der Waals surface area contributed by atoms with Crippen LogP contribution in [0, 0.1) is 5.92 Å². The van der Waals surface area contributed by atoms with E-state index < -0.39 is 12.0 Å². The van der Waals surface area contributed by atoms with E-state index in [2.05, 4.69) is 15.5 Å². The Morgan fingerprint density at radius 1 is 1.34 bits per heavy atom. The number of nitrogens with two attached hydrogens (primary N) is 1. The van der Waals surface area contributed by atoms with Gasteiger partial charge in [0.15, 0.2) is 0 Å². The number of aliphatic hydroxyl groups is 1. The quantitative estimate of drug-likeness (QED) is 0.392. The van der Waals surface area contributed by atoms with Gasteiger partial charge in [0.2, 0.25) is 11.5 Å².